The molecule has 0 spiro atoms. The van der Waals surface area contributed by atoms with Gasteiger partial charge in [-0.3, -0.25) is 4.79 Å². The summed E-state index contributed by atoms with van der Waals surface area (Å²) in [5, 5.41) is 7.46. The second-order valence-corrected chi connectivity index (χ2v) is 4.70. The molecule has 1 aromatic carbocycles. The van der Waals surface area contributed by atoms with Gasteiger partial charge in [0.05, 0.1) is 18.0 Å². The zero-order valence-corrected chi connectivity index (χ0v) is 12.1. The smallest absolute Gasteiger partial charge is 0.255 e. The summed E-state index contributed by atoms with van der Waals surface area (Å²) in [5.41, 5.74) is 1.71. The molecule has 4 heteroatoms. The molecule has 0 aliphatic rings. The molecule has 1 heterocycles. The van der Waals surface area contributed by atoms with E-state index < -0.39 is 0 Å². The Hall–Kier alpha value is -2.49. The highest BCUT2D eigenvalue weighted by Crippen LogP contribution is 2.06. The van der Waals surface area contributed by atoms with Gasteiger partial charge in [0.1, 0.15) is 0 Å². The van der Waals surface area contributed by atoms with E-state index in [4.69, 9.17) is 0 Å². The predicted molar refractivity (Wildman–Crippen MR) is 83.7 cm³/mol. The Kier molecular flexibility index (Phi) is 5.64. The zero-order chi connectivity index (χ0) is 14.9. The summed E-state index contributed by atoms with van der Waals surface area (Å²) in [7, 11) is 0. The van der Waals surface area contributed by atoms with Gasteiger partial charge >= 0.3 is 0 Å². The molecule has 0 saturated heterocycles. The zero-order valence-electron chi connectivity index (χ0n) is 12.1. The highest BCUT2D eigenvalue weighted by atomic mass is 16.2. The Morgan fingerprint density at radius 2 is 2.00 bits per heavy atom. The standard InChI is InChI=1S/C17H19N3O/c1-2-12-20(17(21)16-10-11-18-19-14-16)13-6-9-15-7-4-3-5-8-15/h3-11,14H,2,12-13H2,1H3. The molecule has 0 aliphatic carbocycles. The molecule has 0 bridgehead atoms. The lowest BCUT2D eigenvalue weighted by Crippen LogP contribution is -2.32. The van der Waals surface area contributed by atoms with E-state index in [0.29, 0.717) is 12.1 Å². The van der Waals surface area contributed by atoms with E-state index in [1.807, 2.05) is 47.4 Å². The minimum absolute atomic E-state index is 0.00976. The van der Waals surface area contributed by atoms with Crippen molar-refractivity contribution in [1.29, 1.82) is 0 Å². The van der Waals surface area contributed by atoms with Crippen LogP contribution in [0.1, 0.15) is 29.3 Å². The van der Waals surface area contributed by atoms with Gasteiger partial charge in [0.25, 0.3) is 5.91 Å². The Bertz CT molecular complexity index is 581. The quantitative estimate of drug-likeness (QED) is 0.817. The first-order valence-electron chi connectivity index (χ1n) is 7.09. The molecule has 1 amide bonds. The molecule has 2 aromatic rings. The van der Waals surface area contributed by atoms with E-state index in [9.17, 15) is 4.79 Å². The lowest BCUT2D eigenvalue weighted by molar-refractivity contribution is 0.0773. The maximum atomic E-state index is 12.4. The number of hydrogen-bond acceptors (Lipinski definition) is 3. The van der Waals surface area contributed by atoms with Gasteiger partial charge in [0.2, 0.25) is 0 Å². The van der Waals surface area contributed by atoms with E-state index >= 15 is 0 Å². The third-order valence-corrected chi connectivity index (χ3v) is 3.05. The van der Waals surface area contributed by atoms with Crippen LogP contribution >= 0.6 is 0 Å². The molecular formula is C17H19N3O. The Morgan fingerprint density at radius 1 is 1.19 bits per heavy atom. The van der Waals surface area contributed by atoms with Gasteiger partial charge in [0.15, 0.2) is 0 Å². The van der Waals surface area contributed by atoms with Gasteiger partial charge in [-0.15, -0.1) is 0 Å². The van der Waals surface area contributed by atoms with Crippen LogP contribution < -0.4 is 0 Å². The van der Waals surface area contributed by atoms with Crippen LogP contribution in [0.5, 0.6) is 0 Å². The van der Waals surface area contributed by atoms with Crippen LogP contribution in [0, 0.1) is 0 Å². The average Bonchev–Trinajstić information content (AvgIpc) is 2.55. The third-order valence-electron chi connectivity index (χ3n) is 3.05. The van der Waals surface area contributed by atoms with Crippen LogP contribution in [0.3, 0.4) is 0 Å². The number of nitrogens with zero attached hydrogens (tertiary/aromatic N) is 3. The van der Waals surface area contributed by atoms with Crippen molar-refractivity contribution in [3.8, 4) is 0 Å². The van der Waals surface area contributed by atoms with Crippen LogP contribution in [0.2, 0.25) is 0 Å². The van der Waals surface area contributed by atoms with Crippen molar-refractivity contribution >= 4 is 12.0 Å². The molecule has 0 unspecified atom stereocenters. The summed E-state index contributed by atoms with van der Waals surface area (Å²) in [6.45, 7) is 3.37. The van der Waals surface area contributed by atoms with Crippen LogP contribution in [0.15, 0.2) is 54.9 Å². The maximum Gasteiger partial charge on any atom is 0.255 e. The summed E-state index contributed by atoms with van der Waals surface area (Å²) in [6, 6.07) is 11.7. The molecule has 0 fully saturated rings. The highest BCUT2D eigenvalue weighted by Gasteiger charge is 2.13. The number of rotatable bonds is 6. The van der Waals surface area contributed by atoms with E-state index in [-0.39, 0.29) is 5.91 Å². The fourth-order valence-electron chi connectivity index (χ4n) is 2.03. The normalized spacial score (nSPS) is 10.7. The van der Waals surface area contributed by atoms with Crippen molar-refractivity contribution in [2.75, 3.05) is 13.1 Å². The van der Waals surface area contributed by atoms with Gasteiger partial charge in [0, 0.05) is 13.1 Å². The summed E-state index contributed by atoms with van der Waals surface area (Å²) in [5.74, 6) is -0.00976. The van der Waals surface area contributed by atoms with Gasteiger partial charge in [-0.1, -0.05) is 49.4 Å². The molecule has 1 aromatic heterocycles. The molecule has 0 saturated carbocycles. The fourth-order valence-corrected chi connectivity index (χ4v) is 2.03. The number of hydrogen-bond donors (Lipinski definition) is 0. The monoisotopic (exact) mass is 281 g/mol. The highest BCUT2D eigenvalue weighted by molar-refractivity contribution is 5.93. The first kappa shape index (κ1) is 14.9. The first-order chi connectivity index (χ1) is 10.3. The molecule has 108 valence electrons. The van der Waals surface area contributed by atoms with Crippen LogP contribution in [0.4, 0.5) is 0 Å². The van der Waals surface area contributed by atoms with Crippen LogP contribution in [0.25, 0.3) is 6.08 Å². The van der Waals surface area contributed by atoms with Gasteiger partial charge < -0.3 is 4.90 Å². The van der Waals surface area contributed by atoms with Gasteiger partial charge in [-0.2, -0.15) is 10.2 Å². The van der Waals surface area contributed by atoms with E-state index in [1.165, 1.54) is 12.4 Å². The number of aromatic nitrogens is 2. The maximum absolute atomic E-state index is 12.4. The molecular weight excluding hydrogens is 262 g/mol. The molecule has 0 N–H and O–H groups in total. The predicted octanol–water partition coefficient (Wildman–Crippen LogP) is 3.04. The Labute approximate surface area is 125 Å². The van der Waals surface area contributed by atoms with Crippen molar-refractivity contribution in [3.05, 3.63) is 66.0 Å². The van der Waals surface area contributed by atoms with Gasteiger partial charge in [-0.05, 0) is 18.1 Å². The van der Waals surface area contributed by atoms with E-state index in [2.05, 4.69) is 17.1 Å². The molecule has 0 aliphatic heterocycles. The number of amides is 1. The average molecular weight is 281 g/mol. The summed E-state index contributed by atoms with van der Waals surface area (Å²) < 4.78 is 0. The van der Waals surface area contributed by atoms with E-state index in [0.717, 1.165) is 18.5 Å². The first-order valence-corrected chi connectivity index (χ1v) is 7.09. The summed E-state index contributed by atoms with van der Waals surface area (Å²) >= 11 is 0. The fraction of sp³-hybridized carbons (Fsp3) is 0.235. The SMILES string of the molecule is CCCN(CC=Cc1ccccc1)C(=O)c1ccnnc1. The second-order valence-electron chi connectivity index (χ2n) is 4.70. The minimum Gasteiger partial charge on any atom is -0.335 e. The lowest BCUT2D eigenvalue weighted by Gasteiger charge is -2.20. The summed E-state index contributed by atoms with van der Waals surface area (Å²) in [6.07, 6.45) is 8.00. The number of benzene rings is 1. The number of carbonyl (C=O) groups is 1. The molecule has 2 rings (SSSR count). The van der Waals surface area contributed by atoms with Crippen LogP contribution in [-0.4, -0.2) is 34.1 Å². The largest absolute Gasteiger partial charge is 0.335 e. The van der Waals surface area contributed by atoms with Crippen LogP contribution in [-0.2, 0) is 0 Å². The topological polar surface area (TPSA) is 46.1 Å². The van der Waals surface area contributed by atoms with Crippen molar-refractivity contribution in [1.82, 2.24) is 15.1 Å². The van der Waals surface area contributed by atoms with E-state index in [1.54, 1.807) is 6.07 Å². The van der Waals surface area contributed by atoms with Crippen molar-refractivity contribution < 1.29 is 4.79 Å². The number of carbonyl (C=O) groups excluding carboxylic acids is 1. The van der Waals surface area contributed by atoms with Crippen molar-refractivity contribution in [2.24, 2.45) is 0 Å². The summed E-state index contributed by atoms with van der Waals surface area (Å²) in [4.78, 5) is 14.2. The molecule has 21 heavy (non-hydrogen) atoms. The Balaban J connectivity index is 2.02. The second kappa shape index (κ2) is 7.94. The lowest BCUT2D eigenvalue weighted by atomic mass is 10.2. The minimum atomic E-state index is -0.00976. The van der Waals surface area contributed by atoms with Crippen molar-refractivity contribution in [2.45, 2.75) is 13.3 Å². The Morgan fingerprint density at radius 3 is 2.67 bits per heavy atom. The molecule has 4 nitrogen and oxygen atoms in total. The molecule has 0 radical (unpaired) electrons. The third kappa shape index (κ3) is 4.53. The molecule has 0 atom stereocenters. The van der Waals surface area contributed by atoms with Gasteiger partial charge in [-0.25, -0.2) is 0 Å². The van der Waals surface area contributed by atoms with Crippen molar-refractivity contribution in [3.63, 3.8) is 0 Å².